The molecule has 0 aliphatic heterocycles. The van der Waals surface area contributed by atoms with Crippen molar-refractivity contribution in [2.75, 3.05) is 6.61 Å². The number of hydrogen-bond acceptors (Lipinski definition) is 3. The van der Waals surface area contributed by atoms with Crippen LogP contribution >= 0.6 is 31.9 Å². The number of hydrogen-bond donors (Lipinski definition) is 0. The van der Waals surface area contributed by atoms with Crippen LogP contribution in [0.25, 0.3) is 0 Å². The van der Waals surface area contributed by atoms with E-state index in [4.69, 9.17) is 4.74 Å². The second-order valence-corrected chi connectivity index (χ2v) is 4.40. The van der Waals surface area contributed by atoms with Gasteiger partial charge in [-0.25, -0.2) is 4.79 Å². The fraction of sp³-hybridized carbons (Fsp3) is 0.200. The Bertz CT molecular complexity index is 402. The summed E-state index contributed by atoms with van der Waals surface area (Å²) in [5.41, 5.74) is 0.574. The topological polar surface area (TPSA) is 43.4 Å². The number of benzene rings is 1. The Morgan fingerprint density at radius 1 is 1.40 bits per heavy atom. The summed E-state index contributed by atoms with van der Waals surface area (Å²) in [7, 11) is 0. The Hall–Kier alpha value is -0.680. The zero-order valence-corrected chi connectivity index (χ0v) is 11.1. The van der Waals surface area contributed by atoms with Gasteiger partial charge in [0, 0.05) is 14.5 Å². The molecule has 0 N–H and O–H groups in total. The minimum Gasteiger partial charge on any atom is -0.462 e. The van der Waals surface area contributed by atoms with E-state index in [0.717, 1.165) is 4.47 Å². The number of halogens is 2. The maximum Gasteiger partial charge on any atom is 0.338 e. The molecule has 3 nitrogen and oxygen atoms in total. The third kappa shape index (κ3) is 2.89. The fourth-order valence-electron chi connectivity index (χ4n) is 1.05. The molecule has 0 heterocycles. The van der Waals surface area contributed by atoms with Gasteiger partial charge in [-0.1, -0.05) is 0 Å². The summed E-state index contributed by atoms with van der Waals surface area (Å²) in [6.07, 6.45) is 0.628. The van der Waals surface area contributed by atoms with Gasteiger partial charge in [-0.05, 0) is 50.9 Å². The van der Waals surface area contributed by atoms with Gasteiger partial charge in [-0.15, -0.1) is 0 Å². The lowest BCUT2D eigenvalue weighted by Crippen LogP contribution is -2.08. The van der Waals surface area contributed by atoms with Crippen molar-refractivity contribution < 1.29 is 14.3 Å². The molecule has 5 heteroatoms. The van der Waals surface area contributed by atoms with Crippen molar-refractivity contribution in [2.24, 2.45) is 0 Å². The van der Waals surface area contributed by atoms with E-state index >= 15 is 0 Å². The number of carbonyl (C=O) groups excluding carboxylic acids is 2. The molecule has 1 aromatic carbocycles. The zero-order chi connectivity index (χ0) is 11.4. The highest BCUT2D eigenvalue weighted by atomic mass is 79.9. The maximum atomic E-state index is 11.5. The SMILES string of the molecule is CCOC(=O)c1cc(Br)c(Br)cc1C=O. The van der Waals surface area contributed by atoms with Crippen molar-refractivity contribution >= 4 is 44.1 Å². The third-order valence-corrected chi connectivity index (χ3v) is 3.56. The smallest absolute Gasteiger partial charge is 0.338 e. The third-order valence-electron chi connectivity index (χ3n) is 1.71. The first kappa shape index (κ1) is 12.4. The van der Waals surface area contributed by atoms with Crippen LogP contribution in [0.2, 0.25) is 0 Å². The molecule has 0 aromatic heterocycles. The molecule has 0 unspecified atom stereocenters. The Morgan fingerprint density at radius 3 is 2.53 bits per heavy atom. The molecule has 0 fully saturated rings. The quantitative estimate of drug-likeness (QED) is 0.629. The molecule has 0 radical (unpaired) electrons. The Labute approximate surface area is 104 Å². The molecular weight excluding hydrogens is 328 g/mol. The monoisotopic (exact) mass is 334 g/mol. The standard InChI is InChI=1S/C10H8Br2O3/c1-2-15-10(14)7-4-9(12)8(11)3-6(7)5-13/h3-5H,2H2,1H3. The molecule has 0 bridgehead atoms. The van der Waals surface area contributed by atoms with Gasteiger partial charge in [-0.2, -0.15) is 0 Å². The summed E-state index contributed by atoms with van der Waals surface area (Å²) >= 11 is 6.51. The van der Waals surface area contributed by atoms with Crippen LogP contribution in [0.4, 0.5) is 0 Å². The number of ether oxygens (including phenoxy) is 1. The van der Waals surface area contributed by atoms with Gasteiger partial charge in [0.25, 0.3) is 0 Å². The number of esters is 1. The zero-order valence-electron chi connectivity index (χ0n) is 7.92. The van der Waals surface area contributed by atoms with Gasteiger partial charge in [-0.3, -0.25) is 4.79 Å². The number of carbonyl (C=O) groups is 2. The predicted octanol–water partition coefficient (Wildman–Crippen LogP) is 3.20. The molecule has 0 aliphatic rings. The van der Waals surface area contributed by atoms with E-state index in [9.17, 15) is 9.59 Å². The van der Waals surface area contributed by atoms with Crippen LogP contribution in [0.15, 0.2) is 21.1 Å². The first-order chi connectivity index (χ1) is 7.10. The van der Waals surface area contributed by atoms with Crippen molar-refractivity contribution in [1.82, 2.24) is 0 Å². The van der Waals surface area contributed by atoms with Gasteiger partial charge in [0.05, 0.1) is 12.2 Å². The molecule has 0 atom stereocenters. The van der Waals surface area contributed by atoms with Gasteiger partial charge in [0.15, 0.2) is 6.29 Å². The summed E-state index contributed by atoms with van der Waals surface area (Å²) in [4.78, 5) is 22.2. The second kappa shape index (κ2) is 5.42. The molecule has 0 saturated heterocycles. The molecule has 80 valence electrons. The van der Waals surface area contributed by atoms with Gasteiger partial charge in [0.2, 0.25) is 0 Å². The van der Waals surface area contributed by atoms with Gasteiger partial charge < -0.3 is 4.74 Å². The summed E-state index contributed by atoms with van der Waals surface area (Å²) in [6.45, 7) is 2.00. The van der Waals surface area contributed by atoms with Crippen LogP contribution in [0, 0.1) is 0 Å². The van der Waals surface area contributed by atoms with Crippen LogP contribution in [0.5, 0.6) is 0 Å². The average molecular weight is 336 g/mol. The molecule has 15 heavy (non-hydrogen) atoms. The van der Waals surface area contributed by atoms with E-state index < -0.39 is 5.97 Å². The molecular formula is C10H8Br2O3. The summed E-state index contributed by atoms with van der Waals surface area (Å²) < 4.78 is 6.26. The van der Waals surface area contributed by atoms with Crippen LogP contribution in [0.3, 0.4) is 0 Å². The molecule has 0 amide bonds. The summed E-state index contributed by atoms with van der Waals surface area (Å²) in [5.74, 6) is -0.493. The average Bonchev–Trinajstić information content (AvgIpc) is 2.21. The van der Waals surface area contributed by atoms with Crippen LogP contribution < -0.4 is 0 Å². The Balaban J connectivity index is 3.21. The highest BCUT2D eigenvalue weighted by Gasteiger charge is 2.14. The molecule has 0 spiro atoms. The van der Waals surface area contributed by atoms with Crippen LogP contribution in [-0.4, -0.2) is 18.9 Å². The lowest BCUT2D eigenvalue weighted by molar-refractivity contribution is 0.0524. The highest BCUT2D eigenvalue weighted by molar-refractivity contribution is 9.13. The molecule has 0 aliphatic carbocycles. The normalized spacial score (nSPS) is 9.80. The van der Waals surface area contributed by atoms with E-state index in [0.29, 0.717) is 16.3 Å². The van der Waals surface area contributed by atoms with E-state index in [1.165, 1.54) is 0 Å². The second-order valence-electron chi connectivity index (χ2n) is 2.69. The van der Waals surface area contributed by atoms with Crippen LogP contribution in [-0.2, 0) is 4.74 Å². The lowest BCUT2D eigenvalue weighted by Gasteiger charge is -2.06. The van der Waals surface area contributed by atoms with E-state index in [1.54, 1.807) is 19.1 Å². The summed E-state index contributed by atoms with van der Waals surface area (Å²) in [5, 5.41) is 0. The fourth-order valence-corrected chi connectivity index (χ4v) is 1.75. The van der Waals surface area contributed by atoms with Crippen molar-refractivity contribution in [1.29, 1.82) is 0 Å². The van der Waals surface area contributed by atoms with Crippen molar-refractivity contribution in [3.05, 3.63) is 32.2 Å². The first-order valence-electron chi connectivity index (χ1n) is 4.21. The highest BCUT2D eigenvalue weighted by Crippen LogP contribution is 2.26. The van der Waals surface area contributed by atoms with E-state index in [1.807, 2.05) is 0 Å². The first-order valence-corrected chi connectivity index (χ1v) is 5.80. The molecule has 1 aromatic rings. The number of rotatable bonds is 3. The van der Waals surface area contributed by atoms with E-state index in [-0.39, 0.29) is 12.2 Å². The van der Waals surface area contributed by atoms with Crippen molar-refractivity contribution in [2.45, 2.75) is 6.92 Å². The summed E-state index contributed by atoms with van der Waals surface area (Å²) in [6, 6.07) is 3.13. The van der Waals surface area contributed by atoms with Crippen molar-refractivity contribution in [3.8, 4) is 0 Å². The molecule has 1 rings (SSSR count). The maximum absolute atomic E-state index is 11.5. The van der Waals surface area contributed by atoms with E-state index in [2.05, 4.69) is 31.9 Å². The largest absolute Gasteiger partial charge is 0.462 e. The van der Waals surface area contributed by atoms with Gasteiger partial charge in [0.1, 0.15) is 0 Å². The molecule has 0 saturated carbocycles. The predicted molar refractivity (Wildman–Crippen MR) is 63.2 cm³/mol. The number of aldehydes is 1. The van der Waals surface area contributed by atoms with Crippen molar-refractivity contribution in [3.63, 3.8) is 0 Å². The minimum atomic E-state index is -0.493. The Morgan fingerprint density at radius 2 is 2.00 bits per heavy atom. The van der Waals surface area contributed by atoms with Gasteiger partial charge >= 0.3 is 5.97 Å². The Kier molecular flexibility index (Phi) is 4.47. The lowest BCUT2D eigenvalue weighted by atomic mass is 10.1. The minimum absolute atomic E-state index is 0.266. The van der Waals surface area contributed by atoms with Crippen LogP contribution in [0.1, 0.15) is 27.6 Å².